The molecule has 0 saturated carbocycles. The SMILES string of the molecule is CCOc1ccc(C2=C(Nc3ccccc3OCC)C(=O)N(CC)C2=O)cc1. The molecule has 0 spiro atoms. The molecule has 1 aliphatic heterocycles. The summed E-state index contributed by atoms with van der Waals surface area (Å²) in [5.41, 5.74) is 1.90. The molecule has 1 N–H and O–H groups in total. The van der Waals surface area contributed by atoms with Gasteiger partial charge in [0, 0.05) is 6.54 Å². The molecule has 6 nitrogen and oxygen atoms in total. The van der Waals surface area contributed by atoms with Gasteiger partial charge in [0.15, 0.2) is 0 Å². The van der Waals surface area contributed by atoms with Gasteiger partial charge >= 0.3 is 0 Å². The Balaban J connectivity index is 2.04. The Kier molecular flexibility index (Phi) is 5.99. The van der Waals surface area contributed by atoms with Gasteiger partial charge in [-0.25, -0.2) is 0 Å². The lowest BCUT2D eigenvalue weighted by Gasteiger charge is -2.14. The number of hydrogen-bond acceptors (Lipinski definition) is 5. The number of imide groups is 1. The van der Waals surface area contributed by atoms with Gasteiger partial charge in [-0.2, -0.15) is 0 Å². The Morgan fingerprint density at radius 3 is 2.18 bits per heavy atom. The van der Waals surface area contributed by atoms with E-state index in [9.17, 15) is 9.59 Å². The van der Waals surface area contributed by atoms with Crippen molar-refractivity contribution in [3.05, 3.63) is 59.8 Å². The van der Waals surface area contributed by atoms with Crippen molar-refractivity contribution < 1.29 is 19.1 Å². The summed E-state index contributed by atoms with van der Waals surface area (Å²) in [7, 11) is 0. The van der Waals surface area contributed by atoms with E-state index in [1.807, 2.05) is 38.1 Å². The van der Waals surface area contributed by atoms with Crippen molar-refractivity contribution in [2.24, 2.45) is 0 Å². The first-order valence-electron chi connectivity index (χ1n) is 9.43. The molecule has 0 aromatic heterocycles. The number of hydrogen-bond donors (Lipinski definition) is 1. The second kappa shape index (κ2) is 8.61. The summed E-state index contributed by atoms with van der Waals surface area (Å²) in [5, 5.41) is 3.14. The number of anilines is 1. The van der Waals surface area contributed by atoms with Crippen LogP contribution >= 0.6 is 0 Å². The third-order valence-electron chi connectivity index (χ3n) is 4.38. The molecule has 2 aromatic carbocycles. The van der Waals surface area contributed by atoms with E-state index in [1.54, 1.807) is 31.2 Å². The molecule has 1 heterocycles. The van der Waals surface area contributed by atoms with E-state index in [2.05, 4.69) is 5.32 Å². The minimum absolute atomic E-state index is 0.253. The minimum atomic E-state index is -0.345. The Labute approximate surface area is 164 Å². The maximum atomic E-state index is 12.9. The zero-order chi connectivity index (χ0) is 20.1. The Bertz CT molecular complexity index is 903. The van der Waals surface area contributed by atoms with Crippen LogP contribution in [0.3, 0.4) is 0 Å². The largest absolute Gasteiger partial charge is 0.494 e. The summed E-state index contributed by atoms with van der Waals surface area (Å²) in [4.78, 5) is 27.0. The number of benzene rings is 2. The van der Waals surface area contributed by atoms with Crippen molar-refractivity contribution in [2.45, 2.75) is 20.8 Å². The summed E-state index contributed by atoms with van der Waals surface area (Å²) >= 11 is 0. The van der Waals surface area contributed by atoms with Gasteiger partial charge in [0.05, 0.1) is 24.5 Å². The monoisotopic (exact) mass is 380 g/mol. The molecule has 146 valence electrons. The van der Waals surface area contributed by atoms with Crippen LogP contribution in [0.1, 0.15) is 26.3 Å². The fourth-order valence-corrected chi connectivity index (χ4v) is 3.12. The maximum absolute atomic E-state index is 12.9. The van der Waals surface area contributed by atoms with Crippen molar-refractivity contribution >= 4 is 23.1 Å². The van der Waals surface area contributed by atoms with Crippen molar-refractivity contribution in [2.75, 3.05) is 25.1 Å². The Hall–Kier alpha value is -3.28. The molecular weight excluding hydrogens is 356 g/mol. The number of amides is 2. The van der Waals surface area contributed by atoms with E-state index >= 15 is 0 Å². The fourth-order valence-electron chi connectivity index (χ4n) is 3.12. The van der Waals surface area contributed by atoms with Gasteiger partial charge in [-0.1, -0.05) is 24.3 Å². The number of likely N-dealkylation sites (N-methyl/N-ethyl adjacent to an activating group) is 1. The zero-order valence-electron chi connectivity index (χ0n) is 16.3. The van der Waals surface area contributed by atoms with Crippen LogP contribution < -0.4 is 14.8 Å². The third-order valence-corrected chi connectivity index (χ3v) is 4.38. The normalized spacial score (nSPS) is 13.9. The van der Waals surface area contributed by atoms with Crippen LogP contribution in [-0.4, -0.2) is 36.5 Å². The molecule has 0 bridgehead atoms. The van der Waals surface area contributed by atoms with Crippen LogP contribution in [0.2, 0.25) is 0 Å². The van der Waals surface area contributed by atoms with Crippen LogP contribution in [0.5, 0.6) is 11.5 Å². The molecule has 0 saturated heterocycles. The van der Waals surface area contributed by atoms with Crippen molar-refractivity contribution in [1.82, 2.24) is 4.90 Å². The van der Waals surface area contributed by atoms with Crippen LogP contribution in [0.15, 0.2) is 54.2 Å². The van der Waals surface area contributed by atoms with Gasteiger partial charge in [-0.3, -0.25) is 14.5 Å². The highest BCUT2D eigenvalue weighted by Crippen LogP contribution is 2.33. The fraction of sp³-hybridized carbons (Fsp3) is 0.273. The lowest BCUT2D eigenvalue weighted by molar-refractivity contribution is -0.136. The molecule has 3 rings (SSSR count). The third kappa shape index (κ3) is 3.71. The van der Waals surface area contributed by atoms with Gasteiger partial charge in [0.2, 0.25) is 0 Å². The number of nitrogens with one attached hydrogen (secondary N) is 1. The van der Waals surface area contributed by atoms with Gasteiger partial charge in [0.25, 0.3) is 11.8 Å². The predicted molar refractivity (Wildman–Crippen MR) is 108 cm³/mol. The molecule has 0 unspecified atom stereocenters. The predicted octanol–water partition coefficient (Wildman–Crippen LogP) is 3.70. The number of rotatable bonds is 8. The van der Waals surface area contributed by atoms with Gasteiger partial charge in [-0.05, 0) is 50.6 Å². The summed E-state index contributed by atoms with van der Waals surface area (Å²) in [6, 6.07) is 14.5. The molecule has 0 aliphatic carbocycles. The summed E-state index contributed by atoms with van der Waals surface area (Å²) in [6.07, 6.45) is 0. The van der Waals surface area contributed by atoms with Crippen molar-refractivity contribution in [3.8, 4) is 11.5 Å². The molecule has 0 fully saturated rings. The smallest absolute Gasteiger partial charge is 0.278 e. The second-order valence-corrected chi connectivity index (χ2v) is 6.12. The second-order valence-electron chi connectivity index (χ2n) is 6.12. The number of nitrogens with zero attached hydrogens (tertiary/aromatic N) is 1. The molecule has 28 heavy (non-hydrogen) atoms. The zero-order valence-corrected chi connectivity index (χ0v) is 16.3. The molecule has 6 heteroatoms. The van der Waals surface area contributed by atoms with E-state index in [1.165, 1.54) is 4.90 Å². The quantitative estimate of drug-likeness (QED) is 0.708. The molecule has 0 atom stereocenters. The van der Waals surface area contributed by atoms with E-state index in [4.69, 9.17) is 9.47 Å². The van der Waals surface area contributed by atoms with E-state index in [0.717, 1.165) is 0 Å². The minimum Gasteiger partial charge on any atom is -0.494 e. The van der Waals surface area contributed by atoms with Crippen molar-refractivity contribution in [3.63, 3.8) is 0 Å². The summed E-state index contributed by atoms with van der Waals surface area (Å²) in [5.74, 6) is 0.682. The van der Waals surface area contributed by atoms with Gasteiger partial charge in [-0.15, -0.1) is 0 Å². The maximum Gasteiger partial charge on any atom is 0.278 e. The number of carbonyl (C=O) groups excluding carboxylic acids is 2. The van der Waals surface area contributed by atoms with E-state index in [0.29, 0.717) is 48.1 Å². The summed E-state index contributed by atoms with van der Waals surface area (Å²) < 4.78 is 11.1. The molecule has 1 aliphatic rings. The van der Waals surface area contributed by atoms with Crippen molar-refractivity contribution in [1.29, 1.82) is 0 Å². The lowest BCUT2D eigenvalue weighted by Crippen LogP contribution is -2.32. The van der Waals surface area contributed by atoms with Crippen LogP contribution in [0.4, 0.5) is 5.69 Å². The first kappa shape index (κ1) is 19.5. The number of ether oxygens (including phenoxy) is 2. The first-order chi connectivity index (χ1) is 13.6. The molecule has 2 amide bonds. The highest BCUT2D eigenvalue weighted by molar-refractivity contribution is 6.36. The Morgan fingerprint density at radius 1 is 0.857 bits per heavy atom. The van der Waals surface area contributed by atoms with Gasteiger partial charge < -0.3 is 14.8 Å². The highest BCUT2D eigenvalue weighted by Gasteiger charge is 2.38. The standard InChI is InChI=1S/C22H24N2O4/c1-4-24-21(25)19(15-11-13-16(14-12-15)27-5-2)20(22(24)26)23-17-9-7-8-10-18(17)28-6-3/h7-14,23H,4-6H2,1-3H3. The van der Waals surface area contributed by atoms with Crippen LogP contribution in [0.25, 0.3) is 5.57 Å². The highest BCUT2D eigenvalue weighted by atomic mass is 16.5. The Morgan fingerprint density at radius 2 is 1.54 bits per heavy atom. The number of carbonyl (C=O) groups is 2. The van der Waals surface area contributed by atoms with Crippen LogP contribution in [-0.2, 0) is 9.59 Å². The van der Waals surface area contributed by atoms with Gasteiger partial charge in [0.1, 0.15) is 17.2 Å². The first-order valence-corrected chi connectivity index (χ1v) is 9.43. The summed E-state index contributed by atoms with van der Waals surface area (Å²) in [6.45, 7) is 6.94. The average Bonchev–Trinajstić information content (AvgIpc) is 2.94. The molecule has 0 radical (unpaired) electrons. The van der Waals surface area contributed by atoms with E-state index in [-0.39, 0.29) is 17.5 Å². The lowest BCUT2D eigenvalue weighted by atomic mass is 10.0. The molecule has 2 aromatic rings. The molecular formula is C22H24N2O4. The van der Waals surface area contributed by atoms with E-state index < -0.39 is 0 Å². The average molecular weight is 380 g/mol. The topological polar surface area (TPSA) is 67.9 Å². The number of para-hydroxylation sites is 2. The van der Waals surface area contributed by atoms with Crippen LogP contribution in [0, 0.1) is 0 Å².